The zero-order valence-electron chi connectivity index (χ0n) is 15.4. The predicted molar refractivity (Wildman–Crippen MR) is 111 cm³/mol. The van der Waals surface area contributed by atoms with Crippen molar-refractivity contribution in [1.29, 1.82) is 0 Å². The molecule has 0 unspecified atom stereocenters. The lowest BCUT2D eigenvalue weighted by molar-refractivity contribution is 0.0736. The third-order valence-corrected chi connectivity index (χ3v) is 5.94. The molecule has 29 heavy (non-hydrogen) atoms. The normalized spacial score (nSPS) is 13.3. The van der Waals surface area contributed by atoms with Crippen LogP contribution in [0.2, 0.25) is 0 Å². The van der Waals surface area contributed by atoms with Crippen molar-refractivity contribution in [3.8, 4) is 0 Å². The molecule has 0 spiro atoms. The lowest BCUT2D eigenvalue weighted by Gasteiger charge is -2.26. The quantitative estimate of drug-likeness (QED) is 0.548. The molecule has 0 bridgehead atoms. The average Bonchev–Trinajstić information content (AvgIpc) is 3.38. The molecular weight excluding hydrogens is 386 g/mol. The number of thiazole rings is 1. The van der Waals surface area contributed by atoms with E-state index < -0.39 is 0 Å². The highest BCUT2D eigenvalue weighted by Crippen LogP contribution is 2.29. The molecule has 0 saturated carbocycles. The first-order valence-electron chi connectivity index (χ1n) is 9.25. The molecule has 2 amide bonds. The van der Waals surface area contributed by atoms with Gasteiger partial charge >= 0.3 is 0 Å². The first-order valence-corrected chi connectivity index (χ1v) is 10.1. The van der Waals surface area contributed by atoms with Crippen molar-refractivity contribution in [3.05, 3.63) is 76.7 Å². The van der Waals surface area contributed by atoms with Gasteiger partial charge in [-0.15, -0.1) is 0 Å². The second kappa shape index (κ2) is 7.14. The molecule has 0 fully saturated rings. The van der Waals surface area contributed by atoms with E-state index in [1.807, 2.05) is 35.4 Å². The van der Waals surface area contributed by atoms with Crippen molar-refractivity contribution in [2.24, 2.45) is 0 Å². The highest BCUT2D eigenvalue weighted by Gasteiger charge is 2.25. The molecule has 0 radical (unpaired) electrons. The first-order chi connectivity index (χ1) is 14.2. The summed E-state index contributed by atoms with van der Waals surface area (Å²) < 4.78 is 0. The van der Waals surface area contributed by atoms with E-state index in [4.69, 9.17) is 0 Å². The molecule has 0 atom stereocenters. The average molecular weight is 403 g/mol. The largest absolute Gasteiger partial charge is 0.361 e. The number of benzene rings is 1. The molecule has 4 aromatic rings. The molecule has 1 aromatic carbocycles. The van der Waals surface area contributed by atoms with Gasteiger partial charge in [0.2, 0.25) is 0 Å². The standard InChI is InChI=1S/C21H17N5O2S/c27-19(16-3-1-2-8-22-16)25-21-24-15-7-10-26(12-18(15)29-21)20(28)14-5-4-13-6-9-23-17(13)11-14/h1-6,8-9,11,23H,7,10,12H2,(H,24,25,27). The van der Waals surface area contributed by atoms with E-state index in [1.165, 1.54) is 11.3 Å². The van der Waals surface area contributed by atoms with Crippen LogP contribution in [0.3, 0.4) is 0 Å². The van der Waals surface area contributed by atoms with Gasteiger partial charge in [-0.05, 0) is 35.7 Å². The summed E-state index contributed by atoms with van der Waals surface area (Å²) in [5.41, 5.74) is 2.90. The van der Waals surface area contributed by atoms with E-state index >= 15 is 0 Å². The molecule has 3 aromatic heterocycles. The van der Waals surface area contributed by atoms with Crippen LogP contribution in [-0.2, 0) is 13.0 Å². The van der Waals surface area contributed by atoms with Gasteiger partial charge in [-0.25, -0.2) is 4.98 Å². The van der Waals surface area contributed by atoms with Crippen LogP contribution < -0.4 is 5.32 Å². The van der Waals surface area contributed by atoms with Gasteiger partial charge in [0.25, 0.3) is 11.8 Å². The van der Waals surface area contributed by atoms with Crippen molar-refractivity contribution < 1.29 is 9.59 Å². The fourth-order valence-corrected chi connectivity index (χ4v) is 4.46. The fourth-order valence-electron chi connectivity index (χ4n) is 3.44. The molecule has 4 heterocycles. The number of hydrogen-bond donors (Lipinski definition) is 2. The zero-order valence-corrected chi connectivity index (χ0v) is 16.2. The molecule has 5 rings (SSSR count). The third-order valence-electron chi connectivity index (χ3n) is 4.94. The van der Waals surface area contributed by atoms with Crippen molar-refractivity contribution >= 4 is 39.2 Å². The summed E-state index contributed by atoms with van der Waals surface area (Å²) >= 11 is 1.41. The summed E-state index contributed by atoms with van der Waals surface area (Å²) in [5.74, 6) is -0.288. The van der Waals surface area contributed by atoms with E-state index in [0.717, 1.165) is 21.5 Å². The number of rotatable bonds is 3. The highest BCUT2D eigenvalue weighted by atomic mass is 32.1. The number of amides is 2. The molecule has 0 saturated heterocycles. The van der Waals surface area contributed by atoms with Gasteiger partial charge in [0.1, 0.15) is 5.69 Å². The summed E-state index contributed by atoms with van der Waals surface area (Å²) in [4.78, 5) is 39.8. The minimum absolute atomic E-state index is 0.000351. The van der Waals surface area contributed by atoms with Crippen molar-refractivity contribution in [3.63, 3.8) is 0 Å². The molecule has 2 N–H and O–H groups in total. The van der Waals surface area contributed by atoms with Crippen LogP contribution in [0.1, 0.15) is 31.4 Å². The maximum Gasteiger partial charge on any atom is 0.276 e. The van der Waals surface area contributed by atoms with Crippen molar-refractivity contribution in [2.75, 3.05) is 11.9 Å². The van der Waals surface area contributed by atoms with Crippen LogP contribution in [0.25, 0.3) is 10.9 Å². The van der Waals surface area contributed by atoms with E-state index in [9.17, 15) is 9.59 Å². The molecule has 7 nitrogen and oxygen atoms in total. The summed E-state index contributed by atoms with van der Waals surface area (Å²) in [5, 5.41) is 4.42. The van der Waals surface area contributed by atoms with Crippen molar-refractivity contribution in [2.45, 2.75) is 13.0 Å². The summed E-state index contributed by atoms with van der Waals surface area (Å²) in [6, 6.07) is 12.9. The minimum atomic E-state index is -0.288. The van der Waals surface area contributed by atoms with E-state index in [1.54, 1.807) is 24.4 Å². The Morgan fingerprint density at radius 3 is 2.97 bits per heavy atom. The number of aromatic nitrogens is 3. The first kappa shape index (κ1) is 17.6. The second-order valence-corrected chi connectivity index (χ2v) is 7.90. The molecule has 1 aliphatic rings. The Balaban J connectivity index is 1.32. The SMILES string of the molecule is O=C(Nc1nc2c(s1)CN(C(=O)c1ccc3cc[nH]c3c1)CC2)c1ccccn1. The zero-order chi connectivity index (χ0) is 19.8. The maximum atomic E-state index is 13.0. The molecule has 0 aliphatic carbocycles. The monoisotopic (exact) mass is 403 g/mol. The van der Waals surface area contributed by atoms with E-state index in [2.05, 4.69) is 20.3 Å². The van der Waals surface area contributed by atoms with Crippen LogP contribution in [0.5, 0.6) is 0 Å². The number of nitrogens with zero attached hydrogens (tertiary/aromatic N) is 3. The molecular formula is C21H17N5O2S. The van der Waals surface area contributed by atoms with E-state index in [-0.39, 0.29) is 11.8 Å². The van der Waals surface area contributed by atoms with Gasteiger partial charge < -0.3 is 9.88 Å². The number of nitrogens with one attached hydrogen (secondary N) is 2. The summed E-state index contributed by atoms with van der Waals surface area (Å²) in [6.07, 6.45) is 4.11. The second-order valence-electron chi connectivity index (χ2n) is 6.81. The smallest absolute Gasteiger partial charge is 0.276 e. The summed E-state index contributed by atoms with van der Waals surface area (Å²) in [7, 11) is 0. The fraction of sp³-hybridized carbons (Fsp3) is 0.143. The number of H-pyrrole nitrogens is 1. The Kier molecular flexibility index (Phi) is 4.33. The lowest BCUT2D eigenvalue weighted by Crippen LogP contribution is -2.35. The topological polar surface area (TPSA) is 91.0 Å². The number of aromatic amines is 1. The van der Waals surface area contributed by atoms with Gasteiger partial charge in [0.05, 0.1) is 12.2 Å². The maximum absolute atomic E-state index is 13.0. The Morgan fingerprint density at radius 2 is 2.10 bits per heavy atom. The van der Waals surface area contributed by atoms with Crippen LogP contribution >= 0.6 is 11.3 Å². The number of fused-ring (bicyclic) bond motifs is 2. The van der Waals surface area contributed by atoms with Crippen LogP contribution in [0, 0.1) is 0 Å². The number of carbonyl (C=O) groups is 2. The van der Waals surface area contributed by atoms with Gasteiger partial charge in [0.15, 0.2) is 5.13 Å². The molecule has 144 valence electrons. The van der Waals surface area contributed by atoms with Crippen LogP contribution in [0.15, 0.2) is 54.9 Å². The van der Waals surface area contributed by atoms with Gasteiger partial charge in [-0.3, -0.25) is 19.9 Å². The van der Waals surface area contributed by atoms with Crippen LogP contribution in [-0.4, -0.2) is 38.2 Å². The van der Waals surface area contributed by atoms with Gasteiger partial charge in [-0.2, -0.15) is 0 Å². The van der Waals surface area contributed by atoms with E-state index in [0.29, 0.717) is 35.9 Å². The van der Waals surface area contributed by atoms with Crippen molar-refractivity contribution in [1.82, 2.24) is 19.9 Å². The minimum Gasteiger partial charge on any atom is -0.361 e. The predicted octanol–water partition coefficient (Wildman–Crippen LogP) is 3.47. The Hall–Kier alpha value is -3.52. The van der Waals surface area contributed by atoms with Crippen LogP contribution in [0.4, 0.5) is 5.13 Å². The highest BCUT2D eigenvalue weighted by molar-refractivity contribution is 7.15. The Morgan fingerprint density at radius 1 is 1.17 bits per heavy atom. The number of carbonyl (C=O) groups excluding carboxylic acids is 2. The Bertz CT molecular complexity index is 1210. The number of hydrogen-bond acceptors (Lipinski definition) is 5. The van der Waals surface area contributed by atoms with Gasteiger partial charge in [0, 0.05) is 41.3 Å². The number of anilines is 1. The lowest BCUT2D eigenvalue weighted by atomic mass is 10.1. The summed E-state index contributed by atoms with van der Waals surface area (Å²) in [6.45, 7) is 1.10. The molecule has 8 heteroatoms. The third kappa shape index (κ3) is 3.38. The Labute approximate surface area is 170 Å². The molecule has 1 aliphatic heterocycles. The number of pyridine rings is 1. The van der Waals surface area contributed by atoms with Gasteiger partial charge in [-0.1, -0.05) is 23.5 Å².